The number of aromatic nitrogens is 4. The first-order valence-corrected chi connectivity index (χ1v) is 4.80. The number of nitrogens with two attached hydrogens (primary N) is 1. The number of rotatable bonds is 2. The quantitative estimate of drug-likeness (QED) is 0.791. The molecule has 0 aliphatic carbocycles. The number of aryl methyl sites for hydroxylation is 1. The molecular weight excluding hydrogens is 190 g/mol. The molecule has 0 unspecified atom stereocenters. The fraction of sp³-hybridized carbons (Fsp3) is 0.300. The zero-order chi connectivity index (χ0) is 10.8. The summed E-state index contributed by atoms with van der Waals surface area (Å²) >= 11 is 0. The summed E-state index contributed by atoms with van der Waals surface area (Å²) in [6.07, 6.45) is 5.84. The molecule has 0 aromatic carbocycles. The standard InChI is InChI=1S/C10H13N5/c1-3-8-9(14-15(2)10(8)11)7-4-12-6-13-5-7/h4-6H,3,11H2,1-2H3. The Balaban J connectivity index is 2.58. The molecule has 0 saturated heterocycles. The largest absolute Gasteiger partial charge is 0.384 e. The summed E-state index contributed by atoms with van der Waals surface area (Å²) in [4.78, 5) is 7.95. The van der Waals surface area contributed by atoms with Gasteiger partial charge < -0.3 is 5.73 Å². The summed E-state index contributed by atoms with van der Waals surface area (Å²) < 4.78 is 1.68. The van der Waals surface area contributed by atoms with Crippen molar-refractivity contribution in [3.8, 4) is 11.3 Å². The lowest BCUT2D eigenvalue weighted by Crippen LogP contribution is -1.98. The highest BCUT2D eigenvalue weighted by Crippen LogP contribution is 2.25. The van der Waals surface area contributed by atoms with Gasteiger partial charge in [0.15, 0.2) is 0 Å². The summed E-state index contributed by atoms with van der Waals surface area (Å²) in [5.74, 6) is 0.705. The Kier molecular flexibility index (Phi) is 2.37. The van der Waals surface area contributed by atoms with Crippen molar-refractivity contribution in [2.24, 2.45) is 7.05 Å². The first-order valence-electron chi connectivity index (χ1n) is 4.80. The van der Waals surface area contributed by atoms with E-state index in [9.17, 15) is 0 Å². The van der Waals surface area contributed by atoms with Crippen LogP contribution in [0.25, 0.3) is 11.3 Å². The van der Waals surface area contributed by atoms with Gasteiger partial charge in [-0.25, -0.2) is 9.97 Å². The topological polar surface area (TPSA) is 69.6 Å². The molecular formula is C10H13N5. The molecule has 0 amide bonds. The number of hydrogen-bond donors (Lipinski definition) is 1. The Hall–Kier alpha value is -1.91. The summed E-state index contributed by atoms with van der Waals surface area (Å²) in [5.41, 5.74) is 8.74. The zero-order valence-corrected chi connectivity index (χ0v) is 8.81. The molecule has 0 saturated carbocycles. The number of nitrogens with zero attached hydrogens (tertiary/aromatic N) is 4. The third-order valence-corrected chi connectivity index (χ3v) is 2.38. The van der Waals surface area contributed by atoms with Crippen LogP contribution in [-0.2, 0) is 13.5 Å². The Bertz CT molecular complexity index is 460. The van der Waals surface area contributed by atoms with Gasteiger partial charge in [-0.1, -0.05) is 6.92 Å². The first-order chi connectivity index (χ1) is 7.24. The van der Waals surface area contributed by atoms with E-state index in [-0.39, 0.29) is 0 Å². The maximum absolute atomic E-state index is 5.91. The summed E-state index contributed by atoms with van der Waals surface area (Å²) in [6.45, 7) is 2.06. The van der Waals surface area contributed by atoms with Crippen LogP contribution in [0, 0.1) is 0 Å². The minimum absolute atomic E-state index is 0.705. The van der Waals surface area contributed by atoms with Crippen molar-refractivity contribution in [1.82, 2.24) is 19.7 Å². The second-order valence-corrected chi connectivity index (χ2v) is 3.32. The van der Waals surface area contributed by atoms with Crippen molar-refractivity contribution >= 4 is 5.82 Å². The number of nitrogen functional groups attached to an aromatic ring is 1. The highest BCUT2D eigenvalue weighted by atomic mass is 15.3. The summed E-state index contributed by atoms with van der Waals surface area (Å²) in [7, 11) is 1.84. The van der Waals surface area contributed by atoms with Gasteiger partial charge in [0.2, 0.25) is 0 Å². The summed E-state index contributed by atoms with van der Waals surface area (Å²) in [5, 5.41) is 4.36. The second kappa shape index (κ2) is 3.68. The molecule has 2 rings (SSSR count). The third-order valence-electron chi connectivity index (χ3n) is 2.38. The molecule has 0 aliphatic heterocycles. The minimum Gasteiger partial charge on any atom is -0.384 e. The highest BCUT2D eigenvalue weighted by molar-refractivity contribution is 5.66. The van der Waals surface area contributed by atoms with E-state index in [1.807, 2.05) is 7.05 Å². The Morgan fingerprint density at radius 2 is 2.00 bits per heavy atom. The average Bonchev–Trinajstić information content (AvgIpc) is 2.56. The number of anilines is 1. The van der Waals surface area contributed by atoms with Gasteiger partial charge in [-0.15, -0.1) is 0 Å². The van der Waals surface area contributed by atoms with Crippen LogP contribution in [0.15, 0.2) is 18.7 Å². The molecule has 0 spiro atoms. The molecule has 5 nitrogen and oxygen atoms in total. The average molecular weight is 203 g/mol. The lowest BCUT2D eigenvalue weighted by molar-refractivity contribution is 0.781. The van der Waals surface area contributed by atoms with Gasteiger partial charge in [-0.05, 0) is 6.42 Å². The molecule has 0 radical (unpaired) electrons. The van der Waals surface area contributed by atoms with Crippen molar-refractivity contribution in [1.29, 1.82) is 0 Å². The van der Waals surface area contributed by atoms with Crippen molar-refractivity contribution < 1.29 is 0 Å². The molecule has 2 aromatic heterocycles. The van der Waals surface area contributed by atoms with Crippen LogP contribution in [-0.4, -0.2) is 19.7 Å². The monoisotopic (exact) mass is 203 g/mol. The van der Waals surface area contributed by atoms with E-state index >= 15 is 0 Å². The van der Waals surface area contributed by atoms with Crippen molar-refractivity contribution in [2.75, 3.05) is 5.73 Å². The lowest BCUT2D eigenvalue weighted by atomic mass is 10.1. The van der Waals surface area contributed by atoms with E-state index < -0.39 is 0 Å². The van der Waals surface area contributed by atoms with E-state index in [1.165, 1.54) is 6.33 Å². The zero-order valence-electron chi connectivity index (χ0n) is 8.81. The molecule has 2 N–H and O–H groups in total. The van der Waals surface area contributed by atoms with Crippen LogP contribution in [0.3, 0.4) is 0 Å². The Labute approximate surface area is 88.0 Å². The van der Waals surface area contributed by atoms with Crippen LogP contribution in [0.1, 0.15) is 12.5 Å². The van der Waals surface area contributed by atoms with Gasteiger partial charge in [0, 0.05) is 30.6 Å². The predicted molar refractivity (Wildman–Crippen MR) is 58.0 cm³/mol. The van der Waals surface area contributed by atoms with Crippen LogP contribution < -0.4 is 5.73 Å². The molecule has 0 fully saturated rings. The van der Waals surface area contributed by atoms with E-state index in [4.69, 9.17) is 5.73 Å². The van der Waals surface area contributed by atoms with E-state index in [0.29, 0.717) is 5.82 Å². The fourth-order valence-electron chi connectivity index (χ4n) is 1.58. The van der Waals surface area contributed by atoms with Crippen molar-refractivity contribution in [3.63, 3.8) is 0 Å². The molecule has 0 bridgehead atoms. The van der Waals surface area contributed by atoms with Gasteiger partial charge in [0.05, 0.1) is 0 Å². The second-order valence-electron chi connectivity index (χ2n) is 3.32. The van der Waals surface area contributed by atoms with E-state index in [0.717, 1.165) is 23.2 Å². The van der Waals surface area contributed by atoms with Crippen LogP contribution in [0.2, 0.25) is 0 Å². The normalized spacial score (nSPS) is 10.5. The Morgan fingerprint density at radius 3 is 2.60 bits per heavy atom. The van der Waals surface area contributed by atoms with Gasteiger partial charge in [-0.3, -0.25) is 4.68 Å². The van der Waals surface area contributed by atoms with Gasteiger partial charge in [-0.2, -0.15) is 5.10 Å². The van der Waals surface area contributed by atoms with E-state index in [2.05, 4.69) is 22.0 Å². The SMILES string of the molecule is CCc1c(-c2cncnc2)nn(C)c1N. The predicted octanol–water partition coefficient (Wildman–Crippen LogP) is 1.02. The Morgan fingerprint density at radius 1 is 1.33 bits per heavy atom. The van der Waals surface area contributed by atoms with Gasteiger partial charge in [0.1, 0.15) is 17.8 Å². The minimum atomic E-state index is 0.705. The molecule has 5 heteroatoms. The van der Waals surface area contributed by atoms with Crippen LogP contribution in [0.5, 0.6) is 0 Å². The molecule has 0 atom stereocenters. The molecule has 78 valence electrons. The molecule has 15 heavy (non-hydrogen) atoms. The molecule has 0 aliphatic rings. The highest BCUT2D eigenvalue weighted by Gasteiger charge is 2.13. The van der Waals surface area contributed by atoms with Crippen LogP contribution in [0.4, 0.5) is 5.82 Å². The molecule has 2 heterocycles. The summed E-state index contributed by atoms with van der Waals surface area (Å²) in [6, 6.07) is 0. The van der Waals surface area contributed by atoms with Crippen molar-refractivity contribution in [3.05, 3.63) is 24.3 Å². The maximum Gasteiger partial charge on any atom is 0.125 e. The maximum atomic E-state index is 5.91. The fourth-order valence-corrected chi connectivity index (χ4v) is 1.58. The lowest BCUT2D eigenvalue weighted by Gasteiger charge is -1.98. The van der Waals surface area contributed by atoms with Gasteiger partial charge >= 0.3 is 0 Å². The third kappa shape index (κ3) is 1.56. The van der Waals surface area contributed by atoms with Crippen molar-refractivity contribution in [2.45, 2.75) is 13.3 Å². The smallest absolute Gasteiger partial charge is 0.125 e. The van der Waals surface area contributed by atoms with Gasteiger partial charge in [0.25, 0.3) is 0 Å². The molecule has 2 aromatic rings. The first kappa shape index (κ1) is 9.64. The number of hydrogen-bond acceptors (Lipinski definition) is 4. The van der Waals surface area contributed by atoms with Crippen LogP contribution >= 0.6 is 0 Å². The van der Waals surface area contributed by atoms with E-state index in [1.54, 1.807) is 17.1 Å².